The Morgan fingerprint density at radius 2 is 2.07 bits per heavy atom. The highest BCUT2D eigenvalue weighted by Gasteiger charge is 2.28. The van der Waals surface area contributed by atoms with Gasteiger partial charge in [0, 0.05) is 44.7 Å². The van der Waals surface area contributed by atoms with Crippen molar-refractivity contribution in [3.05, 3.63) is 35.6 Å². The molecule has 0 amide bonds. The van der Waals surface area contributed by atoms with Gasteiger partial charge in [0.1, 0.15) is 5.82 Å². The molecule has 2 aliphatic heterocycles. The molecule has 0 bridgehead atoms. The van der Waals surface area contributed by atoms with Crippen molar-refractivity contribution < 1.29 is 9.13 Å². The summed E-state index contributed by atoms with van der Waals surface area (Å²) in [5.74, 6) is 1.47. The molecule has 1 unspecified atom stereocenters. The molecule has 28 heavy (non-hydrogen) atoms. The minimum atomic E-state index is -0.213. The van der Waals surface area contributed by atoms with E-state index in [-0.39, 0.29) is 11.2 Å². The number of rotatable bonds is 6. The van der Waals surface area contributed by atoms with E-state index in [1.807, 2.05) is 6.07 Å². The van der Waals surface area contributed by atoms with Crippen molar-refractivity contribution in [2.75, 3.05) is 59.0 Å². The highest BCUT2D eigenvalue weighted by molar-refractivity contribution is 5.80. The molecule has 156 valence electrons. The predicted molar refractivity (Wildman–Crippen MR) is 112 cm³/mol. The van der Waals surface area contributed by atoms with E-state index >= 15 is 0 Å². The summed E-state index contributed by atoms with van der Waals surface area (Å²) in [5, 5.41) is 3.45. The molecular weight excluding hydrogens is 355 g/mol. The van der Waals surface area contributed by atoms with Crippen molar-refractivity contribution in [3.8, 4) is 0 Å². The van der Waals surface area contributed by atoms with Gasteiger partial charge in [0.2, 0.25) is 0 Å². The molecule has 0 radical (unpaired) electrons. The van der Waals surface area contributed by atoms with Crippen LogP contribution in [0.15, 0.2) is 29.3 Å². The average Bonchev–Trinajstić information content (AvgIpc) is 3.14. The minimum absolute atomic E-state index is 0.188. The van der Waals surface area contributed by atoms with Crippen molar-refractivity contribution in [2.45, 2.75) is 32.6 Å². The summed E-state index contributed by atoms with van der Waals surface area (Å²) < 4.78 is 19.1. The number of hydrogen-bond donors (Lipinski definition) is 1. The Morgan fingerprint density at radius 1 is 1.29 bits per heavy atom. The van der Waals surface area contributed by atoms with Crippen LogP contribution < -0.4 is 5.32 Å². The summed E-state index contributed by atoms with van der Waals surface area (Å²) in [6.45, 7) is 14.9. The van der Waals surface area contributed by atoms with Crippen molar-refractivity contribution in [2.24, 2.45) is 10.9 Å². The fraction of sp³-hybridized carbons (Fsp3) is 0.682. The monoisotopic (exact) mass is 390 g/mol. The quantitative estimate of drug-likeness (QED) is 0.599. The molecule has 1 aromatic carbocycles. The summed E-state index contributed by atoms with van der Waals surface area (Å²) in [4.78, 5) is 9.84. The highest BCUT2D eigenvalue weighted by atomic mass is 19.1. The minimum Gasteiger partial charge on any atom is -0.379 e. The fourth-order valence-corrected chi connectivity index (χ4v) is 4.02. The van der Waals surface area contributed by atoms with E-state index in [9.17, 15) is 4.39 Å². The summed E-state index contributed by atoms with van der Waals surface area (Å²) in [5.41, 5.74) is 0.772. The lowest BCUT2D eigenvalue weighted by molar-refractivity contribution is 0.0315. The molecule has 2 heterocycles. The summed E-state index contributed by atoms with van der Waals surface area (Å²) >= 11 is 0. The van der Waals surface area contributed by atoms with E-state index in [4.69, 9.17) is 9.73 Å². The Hall–Kier alpha value is -1.66. The zero-order valence-corrected chi connectivity index (χ0v) is 17.6. The maximum atomic E-state index is 13.6. The lowest BCUT2D eigenvalue weighted by atomic mass is 9.85. The second kappa shape index (κ2) is 9.70. The molecule has 6 heteroatoms. The van der Waals surface area contributed by atoms with Crippen LogP contribution in [-0.2, 0) is 10.2 Å². The standard InChI is InChI=1S/C22H35FN4O/c1-4-24-21(25-17-22(2,3)19-6-5-7-20(23)14-19)27-9-8-18(16-27)15-26-10-12-28-13-11-26/h5-7,14,18H,4,8-13,15-17H2,1-3H3,(H,24,25). The van der Waals surface area contributed by atoms with E-state index in [1.54, 1.807) is 12.1 Å². The molecule has 0 spiro atoms. The van der Waals surface area contributed by atoms with Gasteiger partial charge in [-0.05, 0) is 37.0 Å². The van der Waals surface area contributed by atoms with Crippen LogP contribution in [0.4, 0.5) is 4.39 Å². The Kier molecular flexibility index (Phi) is 7.30. The van der Waals surface area contributed by atoms with E-state index in [0.29, 0.717) is 12.5 Å². The molecule has 0 aliphatic carbocycles. The highest BCUT2D eigenvalue weighted by Crippen LogP contribution is 2.25. The van der Waals surface area contributed by atoms with Crippen molar-refractivity contribution in [1.29, 1.82) is 0 Å². The molecule has 1 N–H and O–H groups in total. The largest absolute Gasteiger partial charge is 0.379 e. The molecule has 2 saturated heterocycles. The van der Waals surface area contributed by atoms with E-state index in [0.717, 1.165) is 64.0 Å². The van der Waals surface area contributed by atoms with E-state index < -0.39 is 0 Å². The molecule has 1 atom stereocenters. The number of guanidine groups is 1. The van der Waals surface area contributed by atoms with Gasteiger partial charge >= 0.3 is 0 Å². The first-order valence-corrected chi connectivity index (χ1v) is 10.6. The lowest BCUT2D eigenvalue weighted by Crippen LogP contribution is -2.43. The van der Waals surface area contributed by atoms with Crippen molar-refractivity contribution in [1.82, 2.24) is 15.1 Å². The zero-order chi connectivity index (χ0) is 20.0. The third kappa shape index (κ3) is 5.67. The molecule has 2 fully saturated rings. The Morgan fingerprint density at radius 3 is 2.79 bits per heavy atom. The van der Waals surface area contributed by atoms with Crippen LogP contribution in [0.5, 0.6) is 0 Å². The number of benzene rings is 1. The SMILES string of the molecule is CCNC(=NCC(C)(C)c1cccc(F)c1)N1CCC(CN2CCOCC2)C1. The van der Waals surface area contributed by atoms with Crippen LogP contribution in [0.3, 0.4) is 0 Å². The number of likely N-dealkylation sites (tertiary alicyclic amines) is 1. The number of morpholine rings is 1. The van der Waals surface area contributed by atoms with Crippen LogP contribution in [0.2, 0.25) is 0 Å². The van der Waals surface area contributed by atoms with Gasteiger partial charge in [0.25, 0.3) is 0 Å². The second-order valence-electron chi connectivity index (χ2n) is 8.58. The fourth-order valence-electron chi connectivity index (χ4n) is 4.02. The Bertz CT molecular complexity index is 658. The summed E-state index contributed by atoms with van der Waals surface area (Å²) in [6, 6.07) is 6.88. The number of hydrogen-bond acceptors (Lipinski definition) is 3. The number of aliphatic imine (C=N–C) groups is 1. The van der Waals surface area contributed by atoms with Crippen molar-refractivity contribution >= 4 is 5.96 Å². The maximum absolute atomic E-state index is 13.6. The van der Waals surface area contributed by atoms with Gasteiger partial charge in [-0.2, -0.15) is 0 Å². The third-order valence-electron chi connectivity index (χ3n) is 5.77. The third-order valence-corrected chi connectivity index (χ3v) is 5.77. The second-order valence-corrected chi connectivity index (χ2v) is 8.58. The van der Waals surface area contributed by atoms with Crippen molar-refractivity contribution in [3.63, 3.8) is 0 Å². The average molecular weight is 391 g/mol. The first-order chi connectivity index (χ1) is 13.5. The number of halogens is 1. The maximum Gasteiger partial charge on any atom is 0.193 e. The number of ether oxygens (including phenoxy) is 1. The normalized spacial score (nSPS) is 21.9. The van der Waals surface area contributed by atoms with Crippen LogP contribution in [0, 0.1) is 11.7 Å². The summed E-state index contributed by atoms with van der Waals surface area (Å²) in [7, 11) is 0. The molecule has 1 aromatic rings. The molecule has 0 saturated carbocycles. The first-order valence-electron chi connectivity index (χ1n) is 10.6. The number of nitrogens with zero attached hydrogens (tertiary/aromatic N) is 3. The molecular formula is C22H35FN4O. The van der Waals surface area contributed by atoms with E-state index in [1.165, 1.54) is 12.5 Å². The predicted octanol–water partition coefficient (Wildman–Crippen LogP) is 2.72. The topological polar surface area (TPSA) is 40.1 Å². The van der Waals surface area contributed by atoms with Crippen LogP contribution in [0.25, 0.3) is 0 Å². The molecule has 3 rings (SSSR count). The Balaban J connectivity index is 1.60. The van der Waals surface area contributed by atoms with Gasteiger partial charge in [-0.3, -0.25) is 9.89 Å². The first kappa shape index (κ1) is 21.1. The van der Waals surface area contributed by atoms with Gasteiger partial charge in [-0.1, -0.05) is 26.0 Å². The van der Waals surface area contributed by atoms with Crippen LogP contribution in [0.1, 0.15) is 32.8 Å². The molecule has 0 aromatic heterocycles. The van der Waals surface area contributed by atoms with Gasteiger partial charge in [0.15, 0.2) is 5.96 Å². The van der Waals surface area contributed by atoms with Crippen LogP contribution >= 0.6 is 0 Å². The van der Waals surface area contributed by atoms with E-state index in [2.05, 4.69) is 35.9 Å². The van der Waals surface area contributed by atoms with Crippen LogP contribution in [-0.4, -0.2) is 74.8 Å². The number of nitrogens with one attached hydrogen (secondary N) is 1. The van der Waals surface area contributed by atoms with Gasteiger partial charge in [-0.15, -0.1) is 0 Å². The smallest absolute Gasteiger partial charge is 0.193 e. The van der Waals surface area contributed by atoms with Gasteiger partial charge < -0.3 is 15.0 Å². The zero-order valence-electron chi connectivity index (χ0n) is 17.6. The van der Waals surface area contributed by atoms with Gasteiger partial charge in [-0.25, -0.2) is 4.39 Å². The van der Waals surface area contributed by atoms with Gasteiger partial charge in [0.05, 0.1) is 19.8 Å². The summed E-state index contributed by atoms with van der Waals surface area (Å²) in [6.07, 6.45) is 1.20. The Labute approximate surface area is 169 Å². The lowest BCUT2D eigenvalue weighted by Gasteiger charge is -2.29. The molecule has 2 aliphatic rings. The molecule has 5 nitrogen and oxygen atoms in total.